The Morgan fingerprint density at radius 2 is 2.29 bits per heavy atom. The number of hydrogen-bond donors (Lipinski definition) is 0. The van der Waals surface area contributed by atoms with E-state index in [1.165, 1.54) is 0 Å². The molecule has 0 aromatic carbocycles. The van der Waals surface area contributed by atoms with Crippen LogP contribution < -0.4 is 0 Å². The molecule has 0 aliphatic carbocycles. The second kappa shape index (κ2) is 3.91. The molecule has 40 valence electrons. The Labute approximate surface area is 46.4 Å². The van der Waals surface area contributed by atoms with Crippen LogP contribution in [0.3, 0.4) is 0 Å². The van der Waals surface area contributed by atoms with E-state index in [1.54, 1.807) is 0 Å². The quantitative estimate of drug-likeness (QED) is 0.378. The summed E-state index contributed by atoms with van der Waals surface area (Å²) in [4.78, 5) is 0. The lowest BCUT2D eigenvalue weighted by Gasteiger charge is -1.98. The fraction of sp³-hybridized carbons (Fsp3) is 0.600. The predicted molar refractivity (Wildman–Crippen MR) is 33.7 cm³/mol. The smallest absolute Gasteiger partial charge is 0.172 e. The Hall–Kier alpha value is -0.263. The Bertz CT molecular complexity index is 72.6. The number of rotatable bonds is 2. The molecule has 0 fully saturated rings. The molecule has 0 aromatic rings. The third-order valence-electron chi connectivity index (χ3n) is 0.500. The van der Waals surface area contributed by atoms with Crippen molar-refractivity contribution in [2.75, 3.05) is 6.61 Å². The maximum atomic E-state index is 5.09. The van der Waals surface area contributed by atoms with Crippen molar-refractivity contribution < 1.29 is 4.43 Å². The van der Waals surface area contributed by atoms with Crippen molar-refractivity contribution in [1.82, 2.24) is 0 Å². The van der Waals surface area contributed by atoms with Gasteiger partial charge in [-0.1, -0.05) is 5.92 Å². The predicted octanol–water partition coefficient (Wildman–Crippen LogP) is 0.620. The van der Waals surface area contributed by atoms with Gasteiger partial charge in [-0.15, -0.1) is 6.42 Å². The van der Waals surface area contributed by atoms with E-state index in [0.717, 1.165) is 0 Å². The summed E-state index contributed by atoms with van der Waals surface area (Å²) in [5, 5.41) is 0. The van der Waals surface area contributed by atoms with Gasteiger partial charge in [-0.2, -0.15) is 0 Å². The molecule has 0 aliphatic rings. The first-order chi connectivity index (χ1) is 3.27. The summed E-state index contributed by atoms with van der Waals surface area (Å²) in [6, 6.07) is 0. The maximum absolute atomic E-state index is 5.09. The zero-order chi connectivity index (χ0) is 5.70. The van der Waals surface area contributed by atoms with Gasteiger partial charge in [-0.3, -0.25) is 0 Å². The van der Waals surface area contributed by atoms with Crippen molar-refractivity contribution in [2.24, 2.45) is 0 Å². The molecule has 0 saturated carbocycles. The summed E-state index contributed by atoms with van der Waals surface area (Å²) in [5.41, 5.74) is 0. The molecule has 0 aliphatic heterocycles. The molecule has 0 amide bonds. The highest BCUT2D eigenvalue weighted by atomic mass is 28.3. The molecule has 0 unspecified atom stereocenters. The van der Waals surface area contributed by atoms with Gasteiger partial charge in [0.25, 0.3) is 0 Å². The molecule has 1 nitrogen and oxygen atoms in total. The van der Waals surface area contributed by atoms with Crippen molar-refractivity contribution in [2.45, 2.75) is 13.1 Å². The van der Waals surface area contributed by atoms with E-state index in [1.807, 2.05) is 0 Å². The molecular weight excluding hydrogens is 104 g/mol. The Balaban J connectivity index is 2.86. The Morgan fingerprint density at radius 3 is 2.43 bits per heavy atom. The summed E-state index contributed by atoms with van der Waals surface area (Å²) in [7, 11) is -0.831. The van der Waals surface area contributed by atoms with Gasteiger partial charge in [0.05, 0.1) is 6.61 Å². The fourth-order valence-corrected chi connectivity index (χ4v) is 0.644. The number of hydrogen-bond acceptors (Lipinski definition) is 1. The first kappa shape index (κ1) is 6.74. The van der Waals surface area contributed by atoms with Crippen LogP contribution in [-0.4, -0.2) is 15.6 Å². The van der Waals surface area contributed by atoms with E-state index < -0.39 is 9.04 Å². The Morgan fingerprint density at radius 1 is 1.71 bits per heavy atom. The molecule has 0 heterocycles. The standard InChI is InChI=1S/C5H10OSi/c1-4-5-6-7(2)3/h1,7H,5H2,2-3H3. The largest absolute Gasteiger partial charge is 0.410 e. The summed E-state index contributed by atoms with van der Waals surface area (Å²) >= 11 is 0. The van der Waals surface area contributed by atoms with E-state index >= 15 is 0 Å². The van der Waals surface area contributed by atoms with Crippen LogP contribution in [0.1, 0.15) is 0 Å². The average molecular weight is 114 g/mol. The first-order valence-corrected chi connectivity index (χ1v) is 5.10. The van der Waals surface area contributed by atoms with Gasteiger partial charge in [0, 0.05) is 0 Å². The van der Waals surface area contributed by atoms with E-state index in [0.29, 0.717) is 6.61 Å². The van der Waals surface area contributed by atoms with Crippen molar-refractivity contribution in [1.29, 1.82) is 0 Å². The zero-order valence-corrected chi connectivity index (χ0v) is 5.92. The number of terminal acetylenes is 1. The van der Waals surface area contributed by atoms with Crippen molar-refractivity contribution in [3.05, 3.63) is 0 Å². The zero-order valence-electron chi connectivity index (χ0n) is 4.77. The highest BCUT2D eigenvalue weighted by molar-refractivity contribution is 6.48. The average Bonchev–Trinajstić information content (AvgIpc) is 1.61. The topological polar surface area (TPSA) is 9.23 Å². The van der Waals surface area contributed by atoms with Gasteiger partial charge >= 0.3 is 0 Å². The van der Waals surface area contributed by atoms with Crippen molar-refractivity contribution >= 4 is 9.04 Å². The van der Waals surface area contributed by atoms with E-state index in [9.17, 15) is 0 Å². The molecule has 0 bridgehead atoms. The third kappa shape index (κ3) is 5.74. The van der Waals surface area contributed by atoms with E-state index in [2.05, 4.69) is 19.0 Å². The van der Waals surface area contributed by atoms with Crippen LogP contribution in [0.25, 0.3) is 0 Å². The van der Waals surface area contributed by atoms with Gasteiger partial charge in [-0.25, -0.2) is 0 Å². The van der Waals surface area contributed by atoms with Gasteiger partial charge in [0.15, 0.2) is 9.04 Å². The van der Waals surface area contributed by atoms with Crippen LogP contribution in [0.15, 0.2) is 0 Å². The van der Waals surface area contributed by atoms with Crippen LogP contribution in [0.2, 0.25) is 13.1 Å². The summed E-state index contributed by atoms with van der Waals surface area (Å²) in [5.74, 6) is 2.41. The van der Waals surface area contributed by atoms with Gasteiger partial charge < -0.3 is 4.43 Å². The van der Waals surface area contributed by atoms with Crippen molar-refractivity contribution in [3.8, 4) is 12.3 Å². The van der Waals surface area contributed by atoms with Crippen LogP contribution >= 0.6 is 0 Å². The minimum absolute atomic E-state index is 0.490. The van der Waals surface area contributed by atoms with E-state index in [-0.39, 0.29) is 0 Å². The lowest BCUT2D eigenvalue weighted by Crippen LogP contribution is -2.06. The lowest BCUT2D eigenvalue weighted by molar-refractivity contribution is 0.382. The second-order valence-electron chi connectivity index (χ2n) is 1.56. The van der Waals surface area contributed by atoms with E-state index in [4.69, 9.17) is 10.8 Å². The van der Waals surface area contributed by atoms with Crippen LogP contribution in [-0.2, 0) is 4.43 Å². The molecule has 0 atom stereocenters. The molecular formula is C5H10OSi. The maximum Gasteiger partial charge on any atom is 0.172 e. The summed E-state index contributed by atoms with van der Waals surface area (Å²) < 4.78 is 5.09. The molecule has 0 radical (unpaired) electrons. The van der Waals surface area contributed by atoms with Gasteiger partial charge in [0.1, 0.15) is 0 Å². The third-order valence-corrected chi connectivity index (χ3v) is 1.33. The molecule has 0 N–H and O–H groups in total. The van der Waals surface area contributed by atoms with Gasteiger partial charge in [0.2, 0.25) is 0 Å². The summed E-state index contributed by atoms with van der Waals surface area (Å²) in [6.45, 7) is 4.68. The van der Waals surface area contributed by atoms with Crippen molar-refractivity contribution in [3.63, 3.8) is 0 Å². The SMILES string of the molecule is C#CCO[SiH](C)C. The molecule has 0 saturated heterocycles. The molecule has 0 aromatic heterocycles. The fourth-order valence-electron chi connectivity index (χ4n) is 0.215. The van der Waals surface area contributed by atoms with Gasteiger partial charge in [-0.05, 0) is 13.1 Å². The van der Waals surface area contributed by atoms with Crippen LogP contribution in [0.4, 0.5) is 0 Å². The van der Waals surface area contributed by atoms with Crippen LogP contribution in [0, 0.1) is 12.3 Å². The normalized spacial score (nSPS) is 8.86. The Kier molecular flexibility index (Phi) is 3.76. The highest BCUT2D eigenvalue weighted by Gasteiger charge is 1.89. The summed E-state index contributed by atoms with van der Waals surface area (Å²) in [6.07, 6.45) is 4.92. The molecule has 0 spiro atoms. The molecule has 2 heteroatoms. The minimum Gasteiger partial charge on any atom is -0.410 e. The lowest BCUT2D eigenvalue weighted by atomic mass is 10.8. The monoisotopic (exact) mass is 114 g/mol. The molecule has 0 rings (SSSR count). The highest BCUT2D eigenvalue weighted by Crippen LogP contribution is 1.79. The second-order valence-corrected chi connectivity index (χ2v) is 3.99. The van der Waals surface area contributed by atoms with Crippen LogP contribution in [0.5, 0.6) is 0 Å². The molecule has 7 heavy (non-hydrogen) atoms. The minimum atomic E-state index is -0.831. The first-order valence-electron chi connectivity index (χ1n) is 2.32.